The molecule has 238 valence electrons. The van der Waals surface area contributed by atoms with E-state index in [-0.39, 0.29) is 6.17 Å². The predicted molar refractivity (Wildman–Crippen MR) is 207 cm³/mol. The maximum Gasteiger partial charge on any atom is 0.234 e. The standard InChI is InChI=1S/C45H33N5/c1-4-14-30(15-5-1)43-46-44(31-16-6-2-7-17-31)48-45(47-43)50-40-23-13-11-21-36(40)38-29-33(25-27-42(38)50)32-24-26-41-37(28-32)35-20-10-12-22-39(35)49(41)34-18-8-3-9-19-34/h1-12,14-22,24-29,43H,13,23H2,(H,46,47,48). The smallest absolute Gasteiger partial charge is 0.234 e. The average molecular weight is 644 g/mol. The molecule has 2 aromatic heterocycles. The first-order valence-electron chi connectivity index (χ1n) is 17.3. The maximum absolute atomic E-state index is 5.25. The van der Waals surface area contributed by atoms with E-state index in [1.54, 1.807) is 0 Å². The van der Waals surface area contributed by atoms with E-state index in [0.717, 1.165) is 35.3 Å². The second kappa shape index (κ2) is 11.6. The quantitative estimate of drug-likeness (QED) is 0.204. The molecule has 5 nitrogen and oxygen atoms in total. The highest BCUT2D eigenvalue weighted by atomic mass is 15.3. The molecule has 1 atom stereocenters. The Kier molecular flexibility index (Phi) is 6.62. The van der Waals surface area contributed by atoms with Gasteiger partial charge >= 0.3 is 0 Å². The fourth-order valence-corrected chi connectivity index (χ4v) is 7.72. The molecule has 0 saturated heterocycles. The van der Waals surface area contributed by atoms with E-state index in [9.17, 15) is 0 Å². The van der Waals surface area contributed by atoms with Gasteiger partial charge in [-0.15, -0.1) is 0 Å². The number of nitrogens with one attached hydrogen (secondary N) is 1. The number of aromatic nitrogens is 2. The summed E-state index contributed by atoms with van der Waals surface area (Å²) in [6, 6.07) is 53.9. The van der Waals surface area contributed by atoms with Crippen molar-refractivity contribution in [3.8, 4) is 16.8 Å². The molecule has 3 heterocycles. The summed E-state index contributed by atoms with van der Waals surface area (Å²) >= 11 is 0. The van der Waals surface area contributed by atoms with Crippen LogP contribution in [0.5, 0.6) is 0 Å². The topological polar surface area (TPSA) is 46.6 Å². The molecule has 0 radical (unpaired) electrons. The number of para-hydroxylation sites is 2. The molecule has 10 rings (SSSR count). The van der Waals surface area contributed by atoms with E-state index < -0.39 is 0 Å². The first-order valence-corrected chi connectivity index (χ1v) is 17.3. The van der Waals surface area contributed by atoms with Crippen LogP contribution in [0.15, 0.2) is 168 Å². The second-order valence-corrected chi connectivity index (χ2v) is 13.0. The van der Waals surface area contributed by atoms with E-state index in [2.05, 4.69) is 166 Å². The molecular weight excluding hydrogens is 611 g/mol. The Morgan fingerprint density at radius 2 is 1.20 bits per heavy atom. The molecule has 0 saturated carbocycles. The Morgan fingerprint density at radius 3 is 1.98 bits per heavy atom. The van der Waals surface area contributed by atoms with Crippen LogP contribution in [0.1, 0.15) is 35.0 Å². The summed E-state index contributed by atoms with van der Waals surface area (Å²) in [6.07, 6.45) is 6.24. The highest BCUT2D eigenvalue weighted by Gasteiger charge is 2.26. The highest BCUT2D eigenvalue weighted by molar-refractivity contribution is 6.12. The first kappa shape index (κ1) is 28.5. The minimum atomic E-state index is -0.254. The van der Waals surface area contributed by atoms with E-state index in [1.807, 2.05) is 12.1 Å². The van der Waals surface area contributed by atoms with Gasteiger partial charge in [0.25, 0.3) is 0 Å². The normalized spacial score (nSPS) is 15.6. The number of hydrogen-bond acceptors (Lipinski definition) is 3. The monoisotopic (exact) mass is 643 g/mol. The summed E-state index contributed by atoms with van der Waals surface area (Å²) in [7, 11) is 0. The van der Waals surface area contributed by atoms with Gasteiger partial charge in [0.2, 0.25) is 5.96 Å². The summed E-state index contributed by atoms with van der Waals surface area (Å²) in [5.74, 6) is 1.53. The Morgan fingerprint density at radius 1 is 0.560 bits per heavy atom. The zero-order chi connectivity index (χ0) is 33.0. The summed E-state index contributed by atoms with van der Waals surface area (Å²) in [5.41, 5.74) is 11.7. The minimum absolute atomic E-state index is 0.254. The van der Waals surface area contributed by atoms with Gasteiger partial charge in [-0.3, -0.25) is 4.57 Å². The van der Waals surface area contributed by atoms with Gasteiger partial charge in [0.1, 0.15) is 12.0 Å². The average Bonchev–Trinajstić information content (AvgIpc) is 3.71. The fraction of sp³-hybridized carbons (Fsp3) is 0.0667. The lowest BCUT2D eigenvalue weighted by molar-refractivity contribution is 0.666. The number of amidine groups is 1. The molecule has 0 bridgehead atoms. The first-order chi connectivity index (χ1) is 24.8. The third kappa shape index (κ3) is 4.62. The van der Waals surface area contributed by atoms with Crippen LogP contribution in [0.2, 0.25) is 0 Å². The minimum Gasteiger partial charge on any atom is -0.344 e. The zero-order valence-corrected chi connectivity index (χ0v) is 27.4. The maximum atomic E-state index is 5.25. The number of aliphatic imine (C=N–C) groups is 2. The molecule has 50 heavy (non-hydrogen) atoms. The molecule has 1 aliphatic carbocycles. The highest BCUT2D eigenvalue weighted by Crippen LogP contribution is 2.38. The summed E-state index contributed by atoms with van der Waals surface area (Å²) < 4.78 is 4.67. The number of fused-ring (bicyclic) bond motifs is 6. The van der Waals surface area contributed by atoms with Crippen molar-refractivity contribution in [1.29, 1.82) is 0 Å². The van der Waals surface area contributed by atoms with Gasteiger partial charge in [-0.05, 0) is 72.0 Å². The second-order valence-electron chi connectivity index (χ2n) is 13.0. The van der Waals surface area contributed by atoms with Gasteiger partial charge in [-0.1, -0.05) is 121 Å². The van der Waals surface area contributed by atoms with Crippen molar-refractivity contribution in [3.05, 3.63) is 180 Å². The molecule has 2 aliphatic rings. The molecule has 8 aromatic rings. The van der Waals surface area contributed by atoms with Crippen LogP contribution in [-0.2, 0) is 6.42 Å². The number of allylic oxidation sites excluding steroid dienone is 1. The SMILES string of the molecule is C1=Cc2c(n(C3=NC(c4ccccc4)NC(c4ccccc4)=N3)c3ccc(-c4ccc5c(c4)c4ccccc4n5-c4ccccc4)cc23)CC1. The van der Waals surface area contributed by atoms with Crippen molar-refractivity contribution in [2.45, 2.75) is 19.0 Å². The third-order valence-corrected chi connectivity index (χ3v) is 10.1. The van der Waals surface area contributed by atoms with Crippen LogP contribution in [0, 0.1) is 0 Å². The predicted octanol–water partition coefficient (Wildman–Crippen LogP) is 10.3. The van der Waals surface area contributed by atoms with Crippen molar-refractivity contribution >= 4 is 50.6 Å². The van der Waals surface area contributed by atoms with E-state index >= 15 is 0 Å². The molecule has 5 heteroatoms. The Labute approximate surface area is 290 Å². The lowest BCUT2D eigenvalue weighted by Gasteiger charge is -2.25. The van der Waals surface area contributed by atoms with Crippen molar-refractivity contribution in [1.82, 2.24) is 14.5 Å². The van der Waals surface area contributed by atoms with E-state index in [4.69, 9.17) is 9.98 Å². The van der Waals surface area contributed by atoms with Gasteiger partial charge in [-0.25, -0.2) is 4.99 Å². The number of rotatable bonds is 4. The molecule has 0 spiro atoms. The summed E-state index contributed by atoms with van der Waals surface area (Å²) in [5, 5.41) is 7.33. The van der Waals surface area contributed by atoms with Crippen molar-refractivity contribution in [3.63, 3.8) is 0 Å². The van der Waals surface area contributed by atoms with Crippen molar-refractivity contribution < 1.29 is 0 Å². The van der Waals surface area contributed by atoms with Crippen molar-refractivity contribution in [2.75, 3.05) is 0 Å². The Bertz CT molecular complexity index is 2660. The molecule has 0 fully saturated rings. The molecular formula is C45H33N5. The lowest BCUT2D eigenvalue weighted by atomic mass is 9.98. The van der Waals surface area contributed by atoms with E-state index in [1.165, 1.54) is 55.3 Å². The van der Waals surface area contributed by atoms with Crippen LogP contribution >= 0.6 is 0 Å². The molecule has 1 unspecified atom stereocenters. The molecule has 0 amide bonds. The van der Waals surface area contributed by atoms with Crippen LogP contribution in [-0.4, -0.2) is 20.9 Å². The van der Waals surface area contributed by atoms with Gasteiger partial charge in [0.05, 0.1) is 16.6 Å². The van der Waals surface area contributed by atoms with Crippen LogP contribution in [0.25, 0.3) is 55.6 Å². The Balaban J connectivity index is 1.14. The van der Waals surface area contributed by atoms with Gasteiger partial charge in [0, 0.05) is 38.7 Å². The van der Waals surface area contributed by atoms with Gasteiger partial charge < -0.3 is 9.88 Å². The fourth-order valence-electron chi connectivity index (χ4n) is 7.72. The van der Waals surface area contributed by atoms with Gasteiger partial charge in [-0.2, -0.15) is 4.99 Å². The molecule has 6 aromatic carbocycles. The Hall–Kier alpha value is -6.46. The van der Waals surface area contributed by atoms with Crippen molar-refractivity contribution in [2.24, 2.45) is 9.98 Å². The van der Waals surface area contributed by atoms with Crippen LogP contribution in [0.4, 0.5) is 0 Å². The number of hydrogen-bond donors (Lipinski definition) is 1. The van der Waals surface area contributed by atoms with E-state index in [0.29, 0.717) is 5.96 Å². The van der Waals surface area contributed by atoms with Crippen LogP contribution < -0.4 is 5.32 Å². The number of benzene rings is 6. The third-order valence-electron chi connectivity index (χ3n) is 10.1. The van der Waals surface area contributed by atoms with Crippen LogP contribution in [0.3, 0.4) is 0 Å². The largest absolute Gasteiger partial charge is 0.344 e. The summed E-state index contributed by atoms with van der Waals surface area (Å²) in [6.45, 7) is 0. The summed E-state index contributed by atoms with van der Waals surface area (Å²) in [4.78, 5) is 10.4. The number of nitrogens with zero attached hydrogens (tertiary/aromatic N) is 4. The lowest BCUT2D eigenvalue weighted by Crippen LogP contribution is -2.35. The zero-order valence-electron chi connectivity index (χ0n) is 27.4. The molecule has 1 N–H and O–H groups in total. The molecule has 1 aliphatic heterocycles. The van der Waals surface area contributed by atoms with Gasteiger partial charge in [0.15, 0.2) is 0 Å².